The number of carbonyl (C=O) groups excluding carboxylic acids is 2. The SMILES string of the molecule is COc1ccc(NC(=O)c2ccc(C3=NC(C4CCCN(C(=O)C5(C)COC5)C4)=C4C=NC=C[N+]34NCc3ccc(OC)cc3OC)cc2)nc1. The molecule has 13 nitrogen and oxygen atoms in total. The number of amides is 2. The molecule has 0 radical (unpaired) electrons. The van der Waals surface area contributed by atoms with Crippen molar-refractivity contribution >= 4 is 29.7 Å². The van der Waals surface area contributed by atoms with Gasteiger partial charge in [-0.2, -0.15) is 4.99 Å². The van der Waals surface area contributed by atoms with Crippen LogP contribution in [0.25, 0.3) is 0 Å². The highest BCUT2D eigenvalue weighted by Gasteiger charge is 2.50. The number of likely N-dealkylation sites (tertiary alicyclic amines) is 1. The average molecular weight is 693 g/mol. The summed E-state index contributed by atoms with van der Waals surface area (Å²) in [4.78, 5) is 42.9. The molecule has 0 aliphatic carbocycles. The van der Waals surface area contributed by atoms with Crippen LogP contribution < -0.4 is 25.0 Å². The van der Waals surface area contributed by atoms with Crippen LogP contribution in [0.2, 0.25) is 0 Å². The molecule has 3 aromatic rings. The maximum absolute atomic E-state index is 13.6. The Morgan fingerprint density at radius 3 is 2.49 bits per heavy atom. The van der Waals surface area contributed by atoms with Crippen LogP contribution in [0.1, 0.15) is 41.3 Å². The summed E-state index contributed by atoms with van der Waals surface area (Å²) < 4.78 is 21.8. The van der Waals surface area contributed by atoms with Gasteiger partial charge in [0.2, 0.25) is 11.6 Å². The Bertz CT molecular complexity index is 1930. The number of methoxy groups -OCH3 is 3. The van der Waals surface area contributed by atoms with E-state index >= 15 is 0 Å². The van der Waals surface area contributed by atoms with E-state index in [4.69, 9.17) is 23.9 Å². The fourth-order valence-electron chi connectivity index (χ4n) is 6.93. The Hall–Kier alpha value is -5.37. The number of hydrogen-bond acceptors (Lipinski definition) is 10. The van der Waals surface area contributed by atoms with Crippen molar-refractivity contribution in [1.82, 2.24) is 15.3 Å². The smallest absolute Gasteiger partial charge is 0.265 e. The number of amidine groups is 1. The van der Waals surface area contributed by atoms with E-state index in [9.17, 15) is 9.59 Å². The second-order valence-corrected chi connectivity index (χ2v) is 13.3. The van der Waals surface area contributed by atoms with Crippen molar-refractivity contribution in [2.45, 2.75) is 26.3 Å². The average Bonchev–Trinajstić information content (AvgIpc) is 3.51. The summed E-state index contributed by atoms with van der Waals surface area (Å²) in [6.07, 6.45) is 8.90. The normalized spacial score (nSPS) is 21.8. The van der Waals surface area contributed by atoms with Crippen molar-refractivity contribution in [3.8, 4) is 17.2 Å². The Labute approximate surface area is 296 Å². The molecule has 4 aliphatic heterocycles. The van der Waals surface area contributed by atoms with E-state index in [0.717, 1.165) is 41.2 Å². The minimum absolute atomic E-state index is 0.00499. The molecule has 2 amide bonds. The molecule has 0 spiro atoms. The zero-order chi connectivity index (χ0) is 35.6. The zero-order valence-electron chi connectivity index (χ0n) is 29.2. The molecule has 4 aliphatic rings. The molecule has 2 unspecified atom stereocenters. The number of hydrogen-bond donors (Lipinski definition) is 2. The molecular formula is C38H42N7O6+. The number of allylic oxidation sites excluding steroid dienone is 1. The van der Waals surface area contributed by atoms with Gasteiger partial charge in [0, 0.05) is 36.2 Å². The Morgan fingerprint density at radius 1 is 1.02 bits per heavy atom. The topological polar surface area (TPSA) is 136 Å². The zero-order valence-corrected chi connectivity index (χ0v) is 29.2. The number of fused-ring (bicyclic) bond motifs is 1. The van der Waals surface area contributed by atoms with Crippen molar-refractivity contribution in [3.05, 3.63) is 101 Å². The Morgan fingerprint density at radius 2 is 1.80 bits per heavy atom. The van der Waals surface area contributed by atoms with E-state index in [1.54, 1.807) is 58.0 Å². The molecular weight excluding hydrogens is 650 g/mol. The summed E-state index contributed by atoms with van der Waals surface area (Å²) in [5, 5.41) is 2.84. The lowest BCUT2D eigenvalue weighted by atomic mass is 9.85. The number of nitrogens with zero attached hydrogens (tertiary/aromatic N) is 5. The first-order valence-corrected chi connectivity index (χ1v) is 17.0. The number of aromatic nitrogens is 1. The number of rotatable bonds is 11. The molecule has 5 heterocycles. The van der Waals surface area contributed by atoms with Gasteiger partial charge in [0.15, 0.2) is 0 Å². The van der Waals surface area contributed by atoms with Gasteiger partial charge in [0.1, 0.15) is 35.0 Å². The van der Waals surface area contributed by atoms with Crippen LogP contribution in [0.4, 0.5) is 5.82 Å². The first-order chi connectivity index (χ1) is 24.8. The molecule has 2 atom stereocenters. The van der Waals surface area contributed by atoms with Gasteiger partial charge in [-0.15, -0.1) is 10.0 Å². The highest BCUT2D eigenvalue weighted by Crippen LogP contribution is 2.40. The maximum Gasteiger partial charge on any atom is 0.265 e. The standard InChI is InChI=1S/C38H41N7O6/c1-38(23-51-24-38)37(47)44-16-5-6-28(22-44)34-31-21-39-15-17-45(31,41-19-27-11-12-29(48-2)18-32(27)50-4)35(43-34)25-7-9-26(10-8-25)36(46)42-33-14-13-30(49-3)20-40-33/h7-15,17-18,20-21,28,41H,5-6,16,19,22-24H2,1-4H3/p+1. The molecule has 2 saturated heterocycles. The largest absolute Gasteiger partial charge is 0.497 e. The Balaban J connectivity index is 1.22. The predicted octanol–water partition coefficient (Wildman–Crippen LogP) is 4.68. The van der Waals surface area contributed by atoms with Crippen molar-refractivity contribution in [2.75, 3.05) is 52.9 Å². The highest BCUT2D eigenvalue weighted by molar-refractivity contribution is 6.05. The minimum atomic E-state index is -0.477. The molecule has 0 saturated carbocycles. The van der Waals surface area contributed by atoms with Gasteiger partial charge in [-0.25, -0.2) is 4.98 Å². The molecule has 264 valence electrons. The summed E-state index contributed by atoms with van der Waals surface area (Å²) in [6, 6.07) is 16.5. The fraction of sp³-hybridized carbons (Fsp3) is 0.342. The second-order valence-electron chi connectivity index (χ2n) is 13.3. The van der Waals surface area contributed by atoms with Crippen LogP contribution in [-0.2, 0) is 16.1 Å². The quantitative estimate of drug-likeness (QED) is 0.277. The second kappa shape index (κ2) is 14.1. The van der Waals surface area contributed by atoms with E-state index in [-0.39, 0.29) is 22.3 Å². The number of piperidine rings is 1. The molecule has 2 fully saturated rings. The van der Waals surface area contributed by atoms with E-state index in [1.165, 1.54) is 0 Å². The van der Waals surface area contributed by atoms with Gasteiger partial charge in [-0.3, -0.25) is 14.6 Å². The summed E-state index contributed by atoms with van der Waals surface area (Å²) in [7, 11) is 4.83. The van der Waals surface area contributed by atoms with E-state index in [0.29, 0.717) is 61.5 Å². The number of carbonyl (C=O) groups is 2. The monoisotopic (exact) mass is 692 g/mol. The van der Waals surface area contributed by atoms with Crippen LogP contribution in [-0.4, -0.2) is 86.0 Å². The number of quaternary nitrogens is 1. The van der Waals surface area contributed by atoms with E-state index < -0.39 is 5.41 Å². The summed E-state index contributed by atoms with van der Waals surface area (Å²) in [6.45, 7) is 4.57. The third-order valence-electron chi connectivity index (χ3n) is 9.86. The summed E-state index contributed by atoms with van der Waals surface area (Å²) >= 11 is 0. The third-order valence-corrected chi connectivity index (χ3v) is 9.86. The van der Waals surface area contributed by atoms with Crippen LogP contribution in [0.3, 0.4) is 0 Å². The van der Waals surface area contributed by atoms with Gasteiger partial charge >= 0.3 is 0 Å². The molecule has 2 aromatic carbocycles. The van der Waals surface area contributed by atoms with Gasteiger partial charge in [-0.05, 0) is 62.2 Å². The minimum Gasteiger partial charge on any atom is -0.497 e. The van der Waals surface area contributed by atoms with Crippen LogP contribution >= 0.6 is 0 Å². The highest BCUT2D eigenvalue weighted by atomic mass is 16.5. The van der Waals surface area contributed by atoms with Gasteiger partial charge < -0.3 is 29.2 Å². The fourth-order valence-corrected chi connectivity index (χ4v) is 6.93. The van der Waals surface area contributed by atoms with Crippen molar-refractivity contribution in [1.29, 1.82) is 0 Å². The maximum atomic E-state index is 13.6. The third kappa shape index (κ3) is 6.51. The number of ether oxygens (including phenoxy) is 4. The number of benzene rings is 2. The first kappa shape index (κ1) is 34.1. The number of nitrogens with one attached hydrogen (secondary N) is 2. The van der Waals surface area contributed by atoms with Crippen LogP contribution in [0.15, 0.2) is 94.6 Å². The lowest BCUT2D eigenvalue weighted by Gasteiger charge is -2.43. The van der Waals surface area contributed by atoms with Gasteiger partial charge in [-0.1, -0.05) is 6.07 Å². The molecule has 0 bridgehead atoms. The van der Waals surface area contributed by atoms with Crippen LogP contribution in [0.5, 0.6) is 17.2 Å². The van der Waals surface area contributed by atoms with E-state index in [1.807, 2.05) is 54.6 Å². The lowest BCUT2D eigenvalue weighted by molar-refractivity contribution is -0.791. The lowest BCUT2D eigenvalue weighted by Crippen LogP contribution is -2.57. The van der Waals surface area contributed by atoms with Crippen molar-refractivity contribution in [2.24, 2.45) is 21.3 Å². The van der Waals surface area contributed by atoms with Crippen molar-refractivity contribution in [3.63, 3.8) is 0 Å². The Kier molecular flexibility index (Phi) is 9.42. The number of anilines is 1. The molecule has 7 rings (SSSR count). The predicted molar refractivity (Wildman–Crippen MR) is 191 cm³/mol. The van der Waals surface area contributed by atoms with Crippen LogP contribution in [0, 0.1) is 11.3 Å². The summed E-state index contributed by atoms with van der Waals surface area (Å²) in [5.74, 6) is 2.97. The van der Waals surface area contributed by atoms with Gasteiger partial charge in [0.25, 0.3) is 11.7 Å². The summed E-state index contributed by atoms with van der Waals surface area (Å²) in [5.41, 5.74) is 7.25. The first-order valence-electron chi connectivity index (χ1n) is 17.0. The molecule has 1 aromatic heterocycles. The number of aliphatic imine (C=N–C) groups is 2. The molecule has 13 heteroatoms. The number of pyridine rings is 1. The van der Waals surface area contributed by atoms with Gasteiger partial charge in [0.05, 0.1) is 70.7 Å². The molecule has 51 heavy (non-hydrogen) atoms. The van der Waals surface area contributed by atoms with E-state index in [2.05, 4.69) is 20.7 Å². The van der Waals surface area contributed by atoms with Crippen molar-refractivity contribution < 1.29 is 33.1 Å². The molecule has 2 N–H and O–H groups in total.